The molecule has 0 radical (unpaired) electrons. The number of carbonyl (C=O) groups excluding carboxylic acids is 13. The molecule has 2 aliphatic carbocycles. The van der Waals surface area contributed by atoms with Gasteiger partial charge in [0, 0.05) is 59.8 Å². The number of carbonyl (C=O) groups is 13. The molecule has 1 heterocycles. The molecule has 0 saturated carbocycles. The molecule has 0 amide bonds. The van der Waals surface area contributed by atoms with Crippen molar-refractivity contribution in [3.8, 4) is 28.7 Å². The van der Waals surface area contributed by atoms with Crippen LogP contribution in [0.15, 0.2) is 259 Å². The summed E-state index contributed by atoms with van der Waals surface area (Å²) in [7, 11) is 14.4. The van der Waals surface area contributed by atoms with Crippen molar-refractivity contribution in [3.05, 3.63) is 336 Å². The molecule has 1 aliphatic heterocycles. The molecule has 12 aromatic rings. The van der Waals surface area contributed by atoms with Gasteiger partial charge >= 0.3 is 71.6 Å². The lowest BCUT2D eigenvalue weighted by Crippen LogP contribution is -2.27. The summed E-state index contributed by atoms with van der Waals surface area (Å²) < 4.78 is 63.4. The van der Waals surface area contributed by atoms with Gasteiger partial charge in [0.15, 0.2) is 33.6 Å². The van der Waals surface area contributed by atoms with Crippen LogP contribution in [0.1, 0.15) is 49.3 Å². The fourth-order valence-electron chi connectivity index (χ4n) is 15.1. The first-order valence-corrected chi connectivity index (χ1v) is 38.6. The van der Waals surface area contributed by atoms with E-state index in [1.807, 2.05) is 78.9 Å². The number of hydrogen-bond acceptors (Lipinski definition) is 27. The van der Waals surface area contributed by atoms with Crippen molar-refractivity contribution in [1.82, 2.24) is 0 Å². The van der Waals surface area contributed by atoms with Crippen molar-refractivity contribution in [2.45, 2.75) is 0 Å². The van der Waals surface area contributed by atoms with Crippen LogP contribution in [-0.2, 0) is 114 Å². The number of ketones is 1. The molecule has 0 bridgehead atoms. The standard InChI is InChI=1S/2C23H17NO6.C19H14O5.C18H14O5.C18H14O4/c1-24-20(23(27)30-4)18-15-11-7-5-9-13(15)17(14-10-6-8-12-16(14)18)19(21(25)28-2)22(26)29-3;1-28-21(25)17(12-24)18-13-8-4-6-10-15(13)19(16-11-7-5-9-14(16)18)20(22(26)29-2)23(27)30-3;1-23-18(21)16(19(22)24-2)15-11-7-3-5-9-13(11)17(20)14-10-6-4-8-12(14)15;1-21-17(19)16(18(20)22-2)15-11-7-3-5-9-13(11)23-14-10-6-4-8-12(14)15;1-21-17(19)16(18(20)22-2)15-13-9-5-3-7-11(13)12-8-4-6-10-14(12)15/h5-12H,2-4H3;4-11H,1-3H3;3-10H,1-2H3;3-10H,1-2H3;3-10H,1-2H3. The number of methoxy groups -OCH3 is 12. The highest BCUT2D eigenvalue weighted by atomic mass is 16.6. The fourth-order valence-corrected chi connectivity index (χ4v) is 15.1. The van der Waals surface area contributed by atoms with Crippen LogP contribution in [0, 0.1) is 17.9 Å². The predicted octanol–water partition coefficient (Wildman–Crippen LogP) is 11.2. The third-order valence-electron chi connectivity index (χ3n) is 20.6. The molecular weight excluding hydrogens is 1660 g/mol. The van der Waals surface area contributed by atoms with Gasteiger partial charge in [-0.1, -0.05) is 231 Å². The number of benzene rings is 12. The number of rotatable bonds is 12. The van der Waals surface area contributed by atoms with Crippen molar-refractivity contribution >= 4 is 160 Å². The molecule has 646 valence electrons. The second-order valence-corrected chi connectivity index (χ2v) is 27.1. The van der Waals surface area contributed by atoms with Crippen molar-refractivity contribution in [1.29, 1.82) is 5.26 Å². The smallest absolute Gasteiger partial charge is 0.349 e. The first-order valence-electron chi connectivity index (χ1n) is 38.6. The number of nitrogens with zero attached hydrogens (tertiary/aromatic N) is 2. The van der Waals surface area contributed by atoms with E-state index in [0.717, 1.165) is 22.3 Å². The van der Waals surface area contributed by atoms with Gasteiger partial charge in [-0.05, 0) is 88.6 Å². The van der Waals surface area contributed by atoms with Gasteiger partial charge in [0.2, 0.25) is 0 Å². The molecule has 28 heteroatoms. The van der Waals surface area contributed by atoms with Gasteiger partial charge in [0.25, 0.3) is 5.70 Å². The van der Waals surface area contributed by atoms with Crippen molar-refractivity contribution in [2.24, 2.45) is 0 Å². The summed E-state index contributed by atoms with van der Waals surface area (Å²) in [5.74, 6) is -8.55. The Hall–Kier alpha value is -17.5. The van der Waals surface area contributed by atoms with Crippen LogP contribution >= 0.6 is 0 Å². The van der Waals surface area contributed by atoms with Crippen LogP contribution in [0.25, 0.3) is 98.2 Å². The van der Waals surface area contributed by atoms with Gasteiger partial charge in [0.1, 0.15) is 23.1 Å². The minimum Gasteiger partial charge on any atom is -0.474 e. The summed E-state index contributed by atoms with van der Waals surface area (Å²) in [5, 5.41) is 15.0. The Labute approximate surface area is 735 Å². The predicted molar refractivity (Wildman–Crippen MR) is 471 cm³/mol. The van der Waals surface area contributed by atoms with E-state index >= 15 is 0 Å². The maximum absolute atomic E-state index is 12.7. The summed E-state index contributed by atoms with van der Waals surface area (Å²) in [5.41, 5.74) is 6.71. The first kappa shape index (κ1) is 92.2. The average molecular weight is 1730 g/mol. The van der Waals surface area contributed by atoms with E-state index in [4.69, 9.17) is 68.2 Å². The van der Waals surface area contributed by atoms with Crippen LogP contribution < -0.4 is 25.6 Å². The Morgan fingerprint density at radius 3 is 0.705 bits per heavy atom. The highest BCUT2D eigenvalue weighted by Crippen LogP contribution is 2.47. The molecule has 0 unspecified atom stereocenters. The van der Waals surface area contributed by atoms with Crippen molar-refractivity contribution in [2.75, 3.05) is 85.3 Å². The Morgan fingerprint density at radius 2 is 0.450 bits per heavy atom. The topological polar surface area (TPSA) is 370 Å². The van der Waals surface area contributed by atoms with Gasteiger partial charge in [-0.25, -0.2) is 57.6 Å². The van der Waals surface area contributed by atoms with E-state index in [9.17, 15) is 67.6 Å². The maximum Gasteiger partial charge on any atom is 0.349 e. The SMILES string of the molecule is COC(=O)C(C#N)=c1c2ccccc2c(=C(C(=O)OC)C(=O)OC)c2ccccc12.COC(=O)C(C(=O)OC)=C1c2ccccc2-c2ccccc21.COC(=O)C(C(=O)OC)=C1c2ccccc2C(=O)c2ccccc21.COC(=O)C(C(=O)OC)=C1c2ccccc2Oc2ccccc21.[C-]#[N+]C(C(=O)OC)=c1c2ccccc2c(=C(C(=O)OC)C(=O)OC)c2ccccc12. The van der Waals surface area contributed by atoms with E-state index < -0.39 is 71.6 Å². The monoisotopic (exact) mass is 1730 g/mol. The maximum atomic E-state index is 12.7. The summed E-state index contributed by atoms with van der Waals surface area (Å²) >= 11 is 0. The van der Waals surface area contributed by atoms with Gasteiger partial charge in [0.05, 0.1) is 91.9 Å². The minimum absolute atomic E-state index is 0.0811. The number of ether oxygens (including phenoxy) is 13. The van der Waals surface area contributed by atoms with E-state index in [2.05, 4.69) is 4.85 Å². The Bertz CT molecular complexity index is 6620. The minimum atomic E-state index is -0.859. The van der Waals surface area contributed by atoms with Crippen LogP contribution in [0.2, 0.25) is 0 Å². The molecule has 0 fully saturated rings. The third kappa shape index (κ3) is 18.0. The molecule has 12 aromatic carbocycles. The number of hydrogen-bond donors (Lipinski definition) is 0. The van der Waals surface area contributed by atoms with Gasteiger partial charge in [-0.3, -0.25) is 9.59 Å². The summed E-state index contributed by atoms with van der Waals surface area (Å²) in [6, 6.07) is 72.7. The second kappa shape index (κ2) is 41.6. The third-order valence-corrected chi connectivity index (χ3v) is 20.6. The number of nitriles is 1. The lowest BCUT2D eigenvalue weighted by molar-refractivity contribution is -0.145. The molecule has 0 spiro atoms. The molecule has 0 N–H and O–H groups in total. The molecule has 28 nitrogen and oxygen atoms in total. The lowest BCUT2D eigenvalue weighted by atomic mass is 9.79. The molecule has 3 aliphatic rings. The van der Waals surface area contributed by atoms with Crippen molar-refractivity contribution < 1.29 is 124 Å². The number of esters is 12. The molecule has 0 atom stereocenters. The quantitative estimate of drug-likeness (QED) is 0.0208. The molecule has 0 saturated heterocycles. The Morgan fingerprint density at radius 1 is 0.248 bits per heavy atom. The van der Waals surface area contributed by atoms with Gasteiger partial charge < -0.3 is 61.6 Å². The summed E-state index contributed by atoms with van der Waals surface area (Å²) in [6.45, 7) is 7.55. The molecular formula is C101H76N2O26. The zero-order chi connectivity index (χ0) is 93.0. The summed E-state index contributed by atoms with van der Waals surface area (Å²) in [6.07, 6.45) is 0. The first-order chi connectivity index (χ1) is 62.4. The molecule has 129 heavy (non-hydrogen) atoms. The normalized spacial score (nSPS) is 11.0. The zero-order valence-corrected chi connectivity index (χ0v) is 71.1. The highest BCUT2D eigenvalue weighted by Gasteiger charge is 2.38. The molecule has 0 aromatic heterocycles. The van der Waals surface area contributed by atoms with Gasteiger partial charge in [-0.2, -0.15) is 5.26 Å². The van der Waals surface area contributed by atoms with Crippen LogP contribution in [0.5, 0.6) is 11.5 Å². The van der Waals surface area contributed by atoms with E-state index in [0.29, 0.717) is 126 Å². The summed E-state index contributed by atoms with van der Waals surface area (Å²) in [4.78, 5) is 164. The van der Waals surface area contributed by atoms with Gasteiger partial charge in [-0.15, -0.1) is 0 Å². The van der Waals surface area contributed by atoms with Crippen LogP contribution in [0.3, 0.4) is 0 Å². The van der Waals surface area contributed by atoms with E-state index in [1.165, 1.54) is 85.3 Å². The average Bonchev–Trinajstić information content (AvgIpc) is 1.63. The van der Waals surface area contributed by atoms with Crippen LogP contribution in [0.4, 0.5) is 0 Å². The fraction of sp³-hybridized carbons (Fsp3) is 0.119. The van der Waals surface area contributed by atoms with E-state index in [1.54, 1.807) is 170 Å². The second-order valence-electron chi connectivity index (χ2n) is 27.1. The Kier molecular flexibility index (Phi) is 29.7. The lowest BCUT2D eigenvalue weighted by Gasteiger charge is -2.24. The highest BCUT2D eigenvalue weighted by molar-refractivity contribution is 6.39. The van der Waals surface area contributed by atoms with E-state index in [-0.39, 0.29) is 44.9 Å². The number of fused-ring (bicyclic) bond motifs is 11. The Balaban J connectivity index is 0.000000157. The van der Waals surface area contributed by atoms with Crippen molar-refractivity contribution in [3.63, 3.8) is 0 Å². The largest absolute Gasteiger partial charge is 0.474 e. The zero-order valence-electron chi connectivity index (χ0n) is 71.1. The number of para-hydroxylation sites is 2. The molecule has 15 rings (SSSR count). The van der Waals surface area contributed by atoms with Crippen LogP contribution in [-0.4, -0.2) is 163 Å².